The van der Waals surface area contributed by atoms with Gasteiger partial charge in [-0.3, -0.25) is 9.59 Å². The van der Waals surface area contributed by atoms with Crippen molar-refractivity contribution in [3.8, 4) is 0 Å². The standard InChI is InChI=1S/C20H18FN3O2/c21-16-6-2-4-8-18(16)23-9-11-24(12-10-23)20(26)15-13-19(25)22-17-7-3-1-5-14(15)17/h1-8,13H,9-12H2,(H,22,25). The lowest BCUT2D eigenvalue weighted by Gasteiger charge is -2.36. The van der Waals surface area contributed by atoms with E-state index < -0.39 is 0 Å². The van der Waals surface area contributed by atoms with E-state index >= 15 is 0 Å². The van der Waals surface area contributed by atoms with E-state index in [2.05, 4.69) is 4.98 Å². The Morgan fingerprint density at radius 2 is 1.65 bits per heavy atom. The van der Waals surface area contributed by atoms with Crippen LogP contribution in [0.1, 0.15) is 10.4 Å². The van der Waals surface area contributed by atoms with Crippen molar-refractivity contribution in [3.63, 3.8) is 0 Å². The second-order valence-electron chi connectivity index (χ2n) is 6.32. The van der Waals surface area contributed by atoms with Gasteiger partial charge in [-0.05, 0) is 18.2 Å². The minimum absolute atomic E-state index is 0.166. The number of nitrogens with zero attached hydrogens (tertiary/aromatic N) is 2. The smallest absolute Gasteiger partial charge is 0.254 e. The van der Waals surface area contributed by atoms with Gasteiger partial charge < -0.3 is 14.8 Å². The zero-order chi connectivity index (χ0) is 18.1. The fourth-order valence-electron chi connectivity index (χ4n) is 3.41. The van der Waals surface area contributed by atoms with E-state index in [1.807, 2.05) is 23.1 Å². The molecule has 4 rings (SSSR count). The molecule has 0 bridgehead atoms. The number of piperazine rings is 1. The molecular formula is C20H18FN3O2. The minimum Gasteiger partial charge on any atom is -0.366 e. The summed E-state index contributed by atoms with van der Waals surface area (Å²) < 4.78 is 14.0. The molecule has 0 spiro atoms. The number of hydrogen-bond acceptors (Lipinski definition) is 3. The summed E-state index contributed by atoms with van der Waals surface area (Å²) in [7, 11) is 0. The molecule has 1 aromatic heterocycles. The molecule has 26 heavy (non-hydrogen) atoms. The fourth-order valence-corrected chi connectivity index (χ4v) is 3.41. The van der Waals surface area contributed by atoms with Crippen molar-refractivity contribution in [1.29, 1.82) is 0 Å². The molecule has 0 unspecified atom stereocenters. The molecule has 3 aromatic rings. The number of pyridine rings is 1. The Kier molecular flexibility index (Phi) is 4.16. The Bertz CT molecular complexity index is 1020. The van der Waals surface area contributed by atoms with Crippen LogP contribution in [0.2, 0.25) is 0 Å². The van der Waals surface area contributed by atoms with E-state index in [9.17, 15) is 14.0 Å². The van der Waals surface area contributed by atoms with Gasteiger partial charge in [0.15, 0.2) is 0 Å². The highest BCUT2D eigenvalue weighted by molar-refractivity contribution is 6.06. The van der Waals surface area contributed by atoms with Gasteiger partial charge >= 0.3 is 0 Å². The molecule has 1 saturated heterocycles. The molecule has 132 valence electrons. The molecule has 2 heterocycles. The van der Waals surface area contributed by atoms with E-state index in [0.29, 0.717) is 42.9 Å². The summed E-state index contributed by atoms with van der Waals surface area (Å²) in [6, 6.07) is 15.3. The third-order valence-corrected chi connectivity index (χ3v) is 4.74. The topological polar surface area (TPSA) is 56.4 Å². The van der Waals surface area contributed by atoms with Crippen LogP contribution in [0.15, 0.2) is 59.4 Å². The van der Waals surface area contributed by atoms with Crippen molar-refractivity contribution >= 4 is 22.5 Å². The van der Waals surface area contributed by atoms with Crippen molar-refractivity contribution in [1.82, 2.24) is 9.88 Å². The highest BCUT2D eigenvalue weighted by atomic mass is 19.1. The van der Waals surface area contributed by atoms with Crippen molar-refractivity contribution < 1.29 is 9.18 Å². The number of nitrogens with one attached hydrogen (secondary N) is 1. The summed E-state index contributed by atoms with van der Waals surface area (Å²) >= 11 is 0. The first-order valence-electron chi connectivity index (χ1n) is 8.54. The first-order valence-corrected chi connectivity index (χ1v) is 8.54. The molecule has 2 aromatic carbocycles. The first kappa shape index (κ1) is 16.3. The lowest BCUT2D eigenvalue weighted by Crippen LogP contribution is -2.49. The SMILES string of the molecule is O=C(c1cc(=O)[nH]c2ccccc12)N1CCN(c2ccccc2F)CC1. The van der Waals surface area contributed by atoms with Gasteiger partial charge in [-0.25, -0.2) is 4.39 Å². The zero-order valence-corrected chi connectivity index (χ0v) is 14.1. The van der Waals surface area contributed by atoms with Gasteiger partial charge in [0.05, 0.1) is 11.3 Å². The lowest BCUT2D eigenvalue weighted by atomic mass is 10.1. The summed E-state index contributed by atoms with van der Waals surface area (Å²) in [6.07, 6.45) is 0. The summed E-state index contributed by atoms with van der Waals surface area (Å²) in [6.45, 7) is 2.06. The molecule has 0 aliphatic carbocycles. The number of para-hydroxylation sites is 2. The molecule has 0 radical (unpaired) electrons. The number of carbonyl (C=O) groups is 1. The predicted molar refractivity (Wildman–Crippen MR) is 99.1 cm³/mol. The second kappa shape index (κ2) is 6.63. The average Bonchev–Trinajstić information content (AvgIpc) is 2.67. The third kappa shape index (κ3) is 2.94. The van der Waals surface area contributed by atoms with E-state index in [-0.39, 0.29) is 17.3 Å². The maximum absolute atomic E-state index is 14.0. The molecule has 1 amide bonds. The lowest BCUT2D eigenvalue weighted by molar-refractivity contribution is 0.0748. The summed E-state index contributed by atoms with van der Waals surface area (Å²) in [4.78, 5) is 31.3. The Hall–Kier alpha value is -3.15. The number of amides is 1. The van der Waals surface area contributed by atoms with Crippen molar-refractivity contribution in [2.45, 2.75) is 0 Å². The molecule has 5 nitrogen and oxygen atoms in total. The van der Waals surface area contributed by atoms with Crippen LogP contribution in [0.3, 0.4) is 0 Å². The molecule has 1 aliphatic heterocycles. The van der Waals surface area contributed by atoms with Crippen molar-refractivity contribution in [2.24, 2.45) is 0 Å². The Labute approximate surface area is 149 Å². The average molecular weight is 351 g/mol. The predicted octanol–water partition coefficient (Wildman–Crippen LogP) is 2.63. The zero-order valence-electron chi connectivity index (χ0n) is 14.1. The van der Waals surface area contributed by atoms with Gasteiger partial charge in [0, 0.05) is 43.1 Å². The summed E-state index contributed by atoms with van der Waals surface area (Å²) in [5, 5.41) is 0.730. The summed E-state index contributed by atoms with van der Waals surface area (Å²) in [5.74, 6) is -0.423. The van der Waals surface area contributed by atoms with Crippen LogP contribution in [0.25, 0.3) is 10.9 Å². The van der Waals surface area contributed by atoms with Gasteiger partial charge in [-0.1, -0.05) is 30.3 Å². The highest BCUT2D eigenvalue weighted by Gasteiger charge is 2.24. The van der Waals surface area contributed by atoms with E-state index in [1.54, 1.807) is 29.2 Å². The third-order valence-electron chi connectivity index (χ3n) is 4.74. The Morgan fingerprint density at radius 1 is 0.962 bits per heavy atom. The van der Waals surface area contributed by atoms with Crippen LogP contribution in [0.4, 0.5) is 10.1 Å². The van der Waals surface area contributed by atoms with Gasteiger partial charge in [0.2, 0.25) is 5.56 Å². The van der Waals surface area contributed by atoms with Crippen LogP contribution in [-0.2, 0) is 0 Å². The number of aromatic amines is 1. The number of fused-ring (bicyclic) bond motifs is 1. The minimum atomic E-state index is -0.294. The normalized spacial score (nSPS) is 14.7. The number of rotatable bonds is 2. The maximum atomic E-state index is 14.0. The number of carbonyl (C=O) groups excluding carboxylic acids is 1. The van der Waals surface area contributed by atoms with Gasteiger partial charge in [0.1, 0.15) is 5.82 Å². The van der Waals surface area contributed by atoms with Crippen LogP contribution in [0.5, 0.6) is 0 Å². The Balaban J connectivity index is 1.56. The first-order chi connectivity index (χ1) is 12.6. The van der Waals surface area contributed by atoms with Gasteiger partial charge in [-0.2, -0.15) is 0 Å². The molecule has 0 atom stereocenters. The largest absolute Gasteiger partial charge is 0.366 e. The number of anilines is 1. The molecule has 1 N–H and O–H groups in total. The second-order valence-corrected chi connectivity index (χ2v) is 6.32. The van der Waals surface area contributed by atoms with Crippen molar-refractivity contribution in [3.05, 3.63) is 76.3 Å². The molecule has 6 heteroatoms. The fraction of sp³-hybridized carbons (Fsp3) is 0.200. The van der Waals surface area contributed by atoms with Gasteiger partial charge in [-0.15, -0.1) is 0 Å². The number of benzene rings is 2. The number of H-pyrrole nitrogens is 1. The van der Waals surface area contributed by atoms with Crippen LogP contribution in [0, 0.1) is 5.82 Å². The number of hydrogen-bond donors (Lipinski definition) is 1. The highest BCUT2D eigenvalue weighted by Crippen LogP contribution is 2.22. The Morgan fingerprint density at radius 3 is 2.42 bits per heavy atom. The molecule has 0 saturated carbocycles. The number of aromatic nitrogens is 1. The van der Waals surface area contributed by atoms with E-state index in [1.165, 1.54) is 12.1 Å². The molecular weight excluding hydrogens is 333 g/mol. The van der Waals surface area contributed by atoms with Gasteiger partial charge in [0.25, 0.3) is 5.91 Å². The summed E-state index contributed by atoms with van der Waals surface area (Å²) in [5.41, 5.74) is 1.32. The monoisotopic (exact) mass is 351 g/mol. The molecule has 1 fully saturated rings. The van der Waals surface area contributed by atoms with Crippen LogP contribution in [-0.4, -0.2) is 42.0 Å². The number of halogens is 1. The van der Waals surface area contributed by atoms with E-state index in [0.717, 1.165) is 5.39 Å². The van der Waals surface area contributed by atoms with Crippen molar-refractivity contribution in [2.75, 3.05) is 31.1 Å². The van der Waals surface area contributed by atoms with Crippen LogP contribution >= 0.6 is 0 Å². The maximum Gasteiger partial charge on any atom is 0.254 e. The molecule has 1 aliphatic rings. The quantitative estimate of drug-likeness (QED) is 0.772. The van der Waals surface area contributed by atoms with Crippen LogP contribution < -0.4 is 10.5 Å². The van der Waals surface area contributed by atoms with E-state index in [4.69, 9.17) is 0 Å².